The van der Waals surface area contributed by atoms with Gasteiger partial charge in [-0.05, 0) is 12.0 Å². The summed E-state index contributed by atoms with van der Waals surface area (Å²) in [5, 5.41) is 15.7. The molecule has 166 valence electrons. The molecule has 0 aromatic carbocycles. The lowest BCUT2D eigenvalue weighted by Gasteiger charge is -2.45. The fourth-order valence-corrected chi connectivity index (χ4v) is 5.40. The SMILES string of the molecule is CC(C)c1cc(Cl)nn2cc3[n+](c12)C1(C)CN(C(=O)C2(O)CCOCC2)CCN1C3=O. The lowest BCUT2D eigenvalue weighted by molar-refractivity contribution is -0.749. The van der Waals surface area contributed by atoms with E-state index < -0.39 is 11.3 Å². The standard InChI is InChI=1S/C21H27ClN5O4/c1-13(2)14-10-16(22)23-26-11-15-18(28)25-7-6-24(12-20(25,3)27(15)17(14)26)19(29)21(30)4-8-31-9-5-21/h10-11,13,30H,4-9,12H2,1-3H3/q+1. The molecule has 1 N–H and O–H groups in total. The molecule has 0 radical (unpaired) electrons. The highest BCUT2D eigenvalue weighted by molar-refractivity contribution is 6.29. The number of ether oxygens (including phenoxy) is 1. The molecule has 1 unspecified atom stereocenters. The first-order valence-corrected chi connectivity index (χ1v) is 11.1. The van der Waals surface area contributed by atoms with Crippen molar-refractivity contribution in [2.45, 2.75) is 50.8 Å². The molecular weight excluding hydrogens is 422 g/mol. The number of piperazine rings is 1. The summed E-state index contributed by atoms with van der Waals surface area (Å²) in [6, 6.07) is 1.84. The zero-order chi connectivity index (χ0) is 22.1. The van der Waals surface area contributed by atoms with Crippen LogP contribution < -0.4 is 4.57 Å². The molecule has 5 rings (SSSR count). The molecule has 2 aromatic rings. The number of imidazole rings is 1. The second-order valence-electron chi connectivity index (χ2n) is 9.24. The lowest BCUT2D eigenvalue weighted by atomic mass is 9.91. The Labute approximate surface area is 185 Å². The van der Waals surface area contributed by atoms with Crippen LogP contribution in [0.3, 0.4) is 0 Å². The van der Waals surface area contributed by atoms with Gasteiger partial charge in [0, 0.05) is 51.6 Å². The average Bonchev–Trinajstić information content (AvgIpc) is 3.21. The second-order valence-corrected chi connectivity index (χ2v) is 9.63. The van der Waals surface area contributed by atoms with E-state index >= 15 is 0 Å². The Morgan fingerprint density at radius 3 is 2.71 bits per heavy atom. The molecule has 9 nitrogen and oxygen atoms in total. The number of rotatable bonds is 2. The van der Waals surface area contributed by atoms with E-state index in [0.717, 1.165) is 11.2 Å². The summed E-state index contributed by atoms with van der Waals surface area (Å²) in [6.45, 7) is 7.92. The third-order valence-corrected chi connectivity index (χ3v) is 7.07. The van der Waals surface area contributed by atoms with Gasteiger partial charge in [0.15, 0.2) is 11.3 Å². The van der Waals surface area contributed by atoms with Gasteiger partial charge in [-0.25, -0.2) is 0 Å². The Kier molecular flexibility index (Phi) is 4.59. The first-order valence-electron chi connectivity index (χ1n) is 10.7. The fourth-order valence-electron chi connectivity index (χ4n) is 5.21. The highest BCUT2D eigenvalue weighted by atomic mass is 35.5. The number of halogens is 1. The minimum Gasteiger partial charge on any atom is -0.381 e. The normalized spacial score (nSPS) is 25.3. The van der Waals surface area contributed by atoms with E-state index in [1.807, 2.05) is 22.5 Å². The van der Waals surface area contributed by atoms with E-state index in [2.05, 4.69) is 18.9 Å². The largest absolute Gasteiger partial charge is 0.381 e. The molecule has 31 heavy (non-hydrogen) atoms. The van der Waals surface area contributed by atoms with Crippen molar-refractivity contribution < 1.29 is 24.0 Å². The molecule has 2 saturated heterocycles. The molecule has 1 atom stereocenters. The number of hydrogen-bond acceptors (Lipinski definition) is 5. The van der Waals surface area contributed by atoms with E-state index in [1.165, 1.54) is 0 Å². The summed E-state index contributed by atoms with van der Waals surface area (Å²) < 4.78 is 8.98. The van der Waals surface area contributed by atoms with E-state index in [4.69, 9.17) is 16.3 Å². The van der Waals surface area contributed by atoms with Crippen molar-refractivity contribution in [1.82, 2.24) is 19.4 Å². The molecule has 0 bridgehead atoms. The zero-order valence-corrected chi connectivity index (χ0v) is 18.7. The maximum atomic E-state index is 13.3. The van der Waals surface area contributed by atoms with E-state index in [-0.39, 0.29) is 37.1 Å². The fraction of sp³-hybridized carbons (Fsp3) is 0.619. The van der Waals surface area contributed by atoms with Crippen molar-refractivity contribution in [3.05, 3.63) is 28.7 Å². The van der Waals surface area contributed by atoms with Gasteiger partial charge in [-0.15, -0.1) is 0 Å². The minimum absolute atomic E-state index is 0.0873. The van der Waals surface area contributed by atoms with Gasteiger partial charge in [0.25, 0.3) is 5.91 Å². The van der Waals surface area contributed by atoms with E-state index in [1.54, 1.807) is 15.6 Å². The van der Waals surface area contributed by atoms with E-state index in [0.29, 0.717) is 37.2 Å². The molecule has 0 saturated carbocycles. The third kappa shape index (κ3) is 2.90. The van der Waals surface area contributed by atoms with E-state index in [9.17, 15) is 14.7 Å². The van der Waals surface area contributed by atoms with Gasteiger partial charge in [0.1, 0.15) is 5.60 Å². The van der Waals surface area contributed by atoms with Crippen LogP contribution in [0.2, 0.25) is 5.15 Å². The first kappa shape index (κ1) is 20.7. The molecular formula is C21H27ClN5O4+. The number of carbonyl (C=O) groups excluding carboxylic acids is 2. The van der Waals surface area contributed by atoms with Crippen LogP contribution in [0.1, 0.15) is 55.6 Å². The predicted octanol–water partition coefficient (Wildman–Crippen LogP) is 0.911. The van der Waals surface area contributed by atoms with Crippen molar-refractivity contribution in [3.63, 3.8) is 0 Å². The Morgan fingerprint density at radius 2 is 2.03 bits per heavy atom. The Balaban J connectivity index is 1.60. The van der Waals surface area contributed by atoms with Crippen LogP contribution in [0, 0.1) is 0 Å². The van der Waals surface area contributed by atoms with Crippen LogP contribution in [0.5, 0.6) is 0 Å². The zero-order valence-electron chi connectivity index (χ0n) is 18.0. The minimum atomic E-state index is -1.41. The van der Waals surface area contributed by atoms with Crippen molar-refractivity contribution in [2.24, 2.45) is 0 Å². The highest BCUT2D eigenvalue weighted by Gasteiger charge is 2.58. The molecule has 2 fully saturated rings. The molecule has 3 aliphatic rings. The number of amides is 2. The average molecular weight is 449 g/mol. The number of nitrogens with zero attached hydrogens (tertiary/aromatic N) is 5. The lowest BCUT2D eigenvalue weighted by Crippen LogP contribution is -2.70. The van der Waals surface area contributed by atoms with Crippen LogP contribution in [0.15, 0.2) is 12.3 Å². The van der Waals surface area contributed by atoms with Gasteiger partial charge in [0.05, 0.1) is 6.54 Å². The van der Waals surface area contributed by atoms with Crippen molar-refractivity contribution in [1.29, 1.82) is 0 Å². The maximum Gasteiger partial charge on any atom is 0.313 e. The number of carbonyl (C=O) groups is 2. The monoisotopic (exact) mass is 448 g/mol. The Morgan fingerprint density at radius 1 is 1.32 bits per heavy atom. The Bertz CT molecular complexity index is 1090. The van der Waals surface area contributed by atoms with Gasteiger partial charge in [-0.3, -0.25) is 14.5 Å². The number of aliphatic hydroxyl groups is 1. The number of fused-ring (bicyclic) bond motifs is 5. The van der Waals surface area contributed by atoms with Crippen molar-refractivity contribution in [2.75, 3.05) is 32.8 Å². The van der Waals surface area contributed by atoms with Gasteiger partial charge in [-0.1, -0.05) is 35.1 Å². The van der Waals surface area contributed by atoms with Crippen LogP contribution in [0.25, 0.3) is 5.65 Å². The highest BCUT2D eigenvalue weighted by Crippen LogP contribution is 2.34. The van der Waals surface area contributed by atoms with Crippen LogP contribution in [-0.2, 0) is 15.2 Å². The molecule has 2 amide bonds. The van der Waals surface area contributed by atoms with Gasteiger partial charge in [-0.2, -0.15) is 4.57 Å². The van der Waals surface area contributed by atoms with Crippen molar-refractivity contribution >= 4 is 29.1 Å². The predicted molar refractivity (Wildman–Crippen MR) is 111 cm³/mol. The summed E-state index contributed by atoms with van der Waals surface area (Å²) in [6.07, 6.45) is 2.29. The topological polar surface area (TPSA) is 91.3 Å². The number of aromatic nitrogens is 3. The molecule has 10 heteroatoms. The van der Waals surface area contributed by atoms with Crippen LogP contribution in [0.4, 0.5) is 0 Å². The van der Waals surface area contributed by atoms with Crippen LogP contribution >= 0.6 is 11.6 Å². The third-order valence-electron chi connectivity index (χ3n) is 6.89. The molecule has 3 aliphatic heterocycles. The van der Waals surface area contributed by atoms with Crippen LogP contribution in [-0.4, -0.2) is 74.8 Å². The molecule has 2 aromatic heterocycles. The summed E-state index contributed by atoms with van der Waals surface area (Å²) in [7, 11) is 0. The summed E-state index contributed by atoms with van der Waals surface area (Å²) in [5.41, 5.74) is 0.114. The van der Waals surface area contributed by atoms with Gasteiger partial charge >= 0.3 is 11.6 Å². The molecule has 0 aliphatic carbocycles. The van der Waals surface area contributed by atoms with Crippen molar-refractivity contribution in [3.8, 4) is 0 Å². The maximum absolute atomic E-state index is 13.3. The summed E-state index contributed by atoms with van der Waals surface area (Å²) in [5.74, 6) is -0.214. The van der Waals surface area contributed by atoms with Gasteiger partial charge < -0.3 is 14.7 Å². The number of hydrogen-bond donors (Lipinski definition) is 1. The quantitative estimate of drug-likeness (QED) is 0.689. The smallest absolute Gasteiger partial charge is 0.313 e. The second kappa shape index (κ2) is 6.88. The van der Waals surface area contributed by atoms with Gasteiger partial charge in [0.2, 0.25) is 11.4 Å². The molecule has 5 heterocycles. The Hall–Kier alpha value is -2.23. The summed E-state index contributed by atoms with van der Waals surface area (Å²) in [4.78, 5) is 30.1. The first-order chi connectivity index (χ1) is 14.7. The summed E-state index contributed by atoms with van der Waals surface area (Å²) >= 11 is 6.24. The molecule has 0 spiro atoms.